The van der Waals surface area contributed by atoms with E-state index in [0.717, 1.165) is 11.3 Å². The standard InChI is InChI=1S/C19H20N2O5S/c1-12-4-5-13(10-17(12)21(23)24)18(22)20-6-7-27-19(20)14-8-15(25-2)11-16(9-14)26-3/h4-5,8-11,19H,6-7H2,1-3H3. The summed E-state index contributed by atoms with van der Waals surface area (Å²) in [6.45, 7) is 2.22. The Bertz CT molecular complexity index is 864. The molecule has 7 nitrogen and oxygen atoms in total. The lowest BCUT2D eigenvalue weighted by Crippen LogP contribution is -2.30. The largest absolute Gasteiger partial charge is 0.497 e. The third-order valence-corrected chi connectivity index (χ3v) is 5.72. The lowest BCUT2D eigenvalue weighted by atomic mass is 10.1. The van der Waals surface area contributed by atoms with E-state index in [0.29, 0.717) is 29.2 Å². The molecule has 1 heterocycles. The fraction of sp³-hybridized carbons (Fsp3) is 0.316. The third-order valence-electron chi connectivity index (χ3n) is 4.46. The fourth-order valence-electron chi connectivity index (χ4n) is 3.03. The van der Waals surface area contributed by atoms with Crippen molar-refractivity contribution in [3.63, 3.8) is 0 Å². The van der Waals surface area contributed by atoms with E-state index in [1.54, 1.807) is 56.0 Å². The number of methoxy groups -OCH3 is 2. The molecule has 3 rings (SSSR count). The Hall–Kier alpha value is -2.74. The molecule has 1 fully saturated rings. The molecule has 0 N–H and O–H groups in total. The number of nitro groups is 1. The van der Waals surface area contributed by atoms with Crippen LogP contribution in [0.5, 0.6) is 11.5 Å². The molecule has 0 radical (unpaired) electrons. The number of nitro benzene ring substituents is 1. The van der Waals surface area contributed by atoms with Gasteiger partial charge in [0, 0.05) is 35.6 Å². The lowest BCUT2D eigenvalue weighted by molar-refractivity contribution is -0.385. The van der Waals surface area contributed by atoms with Crippen molar-refractivity contribution < 1.29 is 19.2 Å². The first-order chi connectivity index (χ1) is 12.9. The highest BCUT2D eigenvalue weighted by Gasteiger charge is 2.32. The summed E-state index contributed by atoms with van der Waals surface area (Å²) < 4.78 is 10.6. The number of ether oxygens (including phenoxy) is 2. The molecule has 1 amide bonds. The van der Waals surface area contributed by atoms with Crippen molar-refractivity contribution >= 4 is 23.4 Å². The summed E-state index contributed by atoms with van der Waals surface area (Å²) in [4.78, 5) is 25.5. The summed E-state index contributed by atoms with van der Waals surface area (Å²) in [5.74, 6) is 1.85. The average molecular weight is 388 g/mol. The molecule has 27 heavy (non-hydrogen) atoms. The first-order valence-corrected chi connectivity index (χ1v) is 9.40. The number of carbonyl (C=O) groups excluding carboxylic acids is 1. The zero-order chi connectivity index (χ0) is 19.6. The topological polar surface area (TPSA) is 81.9 Å². The van der Waals surface area contributed by atoms with Crippen LogP contribution in [-0.2, 0) is 0 Å². The van der Waals surface area contributed by atoms with Gasteiger partial charge in [-0.05, 0) is 30.7 Å². The van der Waals surface area contributed by atoms with Crippen LogP contribution in [0, 0.1) is 17.0 Å². The van der Waals surface area contributed by atoms with Gasteiger partial charge < -0.3 is 14.4 Å². The van der Waals surface area contributed by atoms with Crippen molar-refractivity contribution in [2.24, 2.45) is 0 Å². The van der Waals surface area contributed by atoms with Crippen molar-refractivity contribution in [2.75, 3.05) is 26.5 Å². The molecule has 1 unspecified atom stereocenters. The fourth-order valence-corrected chi connectivity index (χ4v) is 4.27. The highest BCUT2D eigenvalue weighted by atomic mass is 32.2. The minimum atomic E-state index is -0.463. The molecule has 0 aromatic heterocycles. The van der Waals surface area contributed by atoms with Gasteiger partial charge in [-0.3, -0.25) is 14.9 Å². The van der Waals surface area contributed by atoms with E-state index in [2.05, 4.69) is 0 Å². The smallest absolute Gasteiger partial charge is 0.273 e. The Balaban J connectivity index is 1.94. The van der Waals surface area contributed by atoms with Gasteiger partial charge in [-0.25, -0.2) is 0 Å². The highest BCUT2D eigenvalue weighted by molar-refractivity contribution is 7.99. The second-order valence-corrected chi connectivity index (χ2v) is 7.31. The van der Waals surface area contributed by atoms with Gasteiger partial charge in [0.2, 0.25) is 0 Å². The first-order valence-electron chi connectivity index (χ1n) is 8.35. The predicted molar refractivity (Wildman–Crippen MR) is 104 cm³/mol. The van der Waals surface area contributed by atoms with E-state index in [1.165, 1.54) is 6.07 Å². The Morgan fingerprint density at radius 1 is 1.19 bits per heavy atom. The van der Waals surface area contributed by atoms with Crippen molar-refractivity contribution in [1.29, 1.82) is 0 Å². The molecule has 1 saturated heterocycles. The molecule has 2 aromatic rings. The van der Waals surface area contributed by atoms with E-state index in [9.17, 15) is 14.9 Å². The minimum absolute atomic E-state index is 0.0488. The monoisotopic (exact) mass is 388 g/mol. The molecule has 1 atom stereocenters. The van der Waals surface area contributed by atoms with Gasteiger partial charge >= 0.3 is 0 Å². The molecule has 1 aliphatic heterocycles. The summed E-state index contributed by atoms with van der Waals surface area (Å²) in [6, 6.07) is 10.1. The van der Waals surface area contributed by atoms with Gasteiger partial charge in [0.15, 0.2) is 0 Å². The zero-order valence-corrected chi connectivity index (χ0v) is 16.1. The number of hydrogen-bond acceptors (Lipinski definition) is 6. The van der Waals surface area contributed by atoms with Crippen molar-refractivity contribution in [3.8, 4) is 11.5 Å². The number of rotatable bonds is 5. The first kappa shape index (κ1) is 19.0. The van der Waals surface area contributed by atoms with Crippen molar-refractivity contribution in [1.82, 2.24) is 4.90 Å². The molecular weight excluding hydrogens is 368 g/mol. The molecule has 2 aromatic carbocycles. The molecule has 142 valence electrons. The molecular formula is C19H20N2O5S. The number of aryl methyl sites for hydroxylation is 1. The molecule has 0 bridgehead atoms. The van der Waals surface area contributed by atoms with Crippen LogP contribution in [0.4, 0.5) is 5.69 Å². The van der Waals surface area contributed by atoms with Crippen LogP contribution in [0.1, 0.15) is 26.9 Å². The predicted octanol–water partition coefficient (Wildman–Crippen LogP) is 3.81. The second kappa shape index (κ2) is 7.87. The number of amides is 1. The molecule has 0 saturated carbocycles. The van der Waals surface area contributed by atoms with Crippen LogP contribution in [0.2, 0.25) is 0 Å². The summed E-state index contributed by atoms with van der Waals surface area (Å²) in [5.41, 5.74) is 1.69. The van der Waals surface area contributed by atoms with E-state index in [4.69, 9.17) is 9.47 Å². The van der Waals surface area contributed by atoms with E-state index >= 15 is 0 Å². The second-order valence-electron chi connectivity index (χ2n) is 6.13. The SMILES string of the molecule is COc1cc(OC)cc(C2SCCN2C(=O)c2ccc(C)c([N+](=O)[O-])c2)c1. The maximum absolute atomic E-state index is 13.1. The Labute approximate surface area is 161 Å². The van der Waals surface area contributed by atoms with Crippen LogP contribution in [-0.4, -0.2) is 42.2 Å². The summed E-state index contributed by atoms with van der Waals surface area (Å²) in [6.07, 6.45) is 0. The van der Waals surface area contributed by atoms with E-state index < -0.39 is 4.92 Å². The van der Waals surface area contributed by atoms with E-state index in [1.807, 2.05) is 12.1 Å². The number of thioether (sulfide) groups is 1. The van der Waals surface area contributed by atoms with Gasteiger partial charge in [0.05, 0.1) is 19.1 Å². The Morgan fingerprint density at radius 3 is 2.44 bits per heavy atom. The summed E-state index contributed by atoms with van der Waals surface area (Å²) in [5, 5.41) is 11.0. The average Bonchev–Trinajstić information content (AvgIpc) is 3.17. The lowest BCUT2D eigenvalue weighted by Gasteiger charge is -2.25. The number of carbonyl (C=O) groups is 1. The maximum Gasteiger partial charge on any atom is 0.273 e. The molecule has 0 aliphatic carbocycles. The highest BCUT2D eigenvalue weighted by Crippen LogP contribution is 2.41. The summed E-state index contributed by atoms with van der Waals surface area (Å²) >= 11 is 1.64. The normalized spacial score (nSPS) is 16.3. The van der Waals surface area contributed by atoms with Crippen LogP contribution in [0.3, 0.4) is 0 Å². The number of hydrogen-bond donors (Lipinski definition) is 0. The quantitative estimate of drug-likeness (QED) is 0.572. The summed E-state index contributed by atoms with van der Waals surface area (Å²) in [7, 11) is 3.16. The van der Waals surface area contributed by atoms with Gasteiger partial charge in [0.1, 0.15) is 16.9 Å². The van der Waals surface area contributed by atoms with Crippen molar-refractivity contribution in [3.05, 3.63) is 63.2 Å². The van der Waals surface area contributed by atoms with Crippen LogP contribution >= 0.6 is 11.8 Å². The molecule has 8 heteroatoms. The van der Waals surface area contributed by atoms with Crippen molar-refractivity contribution in [2.45, 2.75) is 12.3 Å². The zero-order valence-electron chi connectivity index (χ0n) is 15.3. The number of benzene rings is 2. The van der Waals surface area contributed by atoms with Gasteiger partial charge in [-0.15, -0.1) is 11.8 Å². The van der Waals surface area contributed by atoms with Gasteiger partial charge in [-0.2, -0.15) is 0 Å². The van der Waals surface area contributed by atoms with Crippen LogP contribution < -0.4 is 9.47 Å². The van der Waals surface area contributed by atoms with E-state index in [-0.39, 0.29) is 17.0 Å². The Morgan fingerprint density at radius 2 is 1.85 bits per heavy atom. The molecule has 1 aliphatic rings. The Kier molecular flexibility index (Phi) is 5.55. The minimum Gasteiger partial charge on any atom is -0.497 e. The molecule has 0 spiro atoms. The maximum atomic E-state index is 13.1. The van der Waals surface area contributed by atoms with Crippen LogP contribution in [0.15, 0.2) is 36.4 Å². The third kappa shape index (κ3) is 3.85. The van der Waals surface area contributed by atoms with Crippen LogP contribution in [0.25, 0.3) is 0 Å². The van der Waals surface area contributed by atoms with Gasteiger partial charge in [-0.1, -0.05) is 6.07 Å². The van der Waals surface area contributed by atoms with Gasteiger partial charge in [0.25, 0.3) is 11.6 Å². The number of nitrogens with zero attached hydrogens (tertiary/aromatic N) is 2.